The lowest BCUT2D eigenvalue weighted by Gasteiger charge is -2.13. The van der Waals surface area contributed by atoms with Gasteiger partial charge in [-0.25, -0.2) is 9.97 Å². The van der Waals surface area contributed by atoms with Gasteiger partial charge in [-0.15, -0.1) is 0 Å². The summed E-state index contributed by atoms with van der Waals surface area (Å²) in [6, 6.07) is 2.04. The summed E-state index contributed by atoms with van der Waals surface area (Å²) < 4.78 is 5.85. The van der Waals surface area contributed by atoms with Gasteiger partial charge in [-0.3, -0.25) is 0 Å². The van der Waals surface area contributed by atoms with E-state index < -0.39 is 0 Å². The van der Waals surface area contributed by atoms with Gasteiger partial charge in [-0.1, -0.05) is 13.8 Å². The van der Waals surface area contributed by atoms with Crippen molar-refractivity contribution in [1.29, 1.82) is 0 Å². The van der Waals surface area contributed by atoms with E-state index >= 15 is 0 Å². The van der Waals surface area contributed by atoms with Gasteiger partial charge in [-0.2, -0.15) is 0 Å². The highest BCUT2D eigenvalue weighted by Gasteiger charge is 2.26. The Balaban J connectivity index is 2.17. The molecule has 1 N–H and O–H groups in total. The molecule has 100 valence electrons. The maximum atomic E-state index is 5.85. The number of aromatic nitrogens is 2. The highest BCUT2D eigenvalue weighted by atomic mass is 16.5. The third-order valence-electron chi connectivity index (χ3n) is 3.23. The zero-order chi connectivity index (χ0) is 13.0. The van der Waals surface area contributed by atoms with Crippen LogP contribution in [0.15, 0.2) is 6.07 Å². The molecule has 1 aliphatic heterocycles. The van der Waals surface area contributed by atoms with E-state index in [1.807, 2.05) is 6.07 Å². The van der Waals surface area contributed by atoms with E-state index in [4.69, 9.17) is 4.74 Å². The smallest absolute Gasteiger partial charge is 0.159 e. The molecule has 4 nitrogen and oxygen atoms in total. The van der Waals surface area contributed by atoms with Gasteiger partial charge in [0.05, 0.1) is 6.10 Å². The normalized spacial score (nSPS) is 23.3. The van der Waals surface area contributed by atoms with Crippen molar-refractivity contribution in [3.8, 4) is 0 Å². The van der Waals surface area contributed by atoms with Crippen LogP contribution in [0.1, 0.15) is 57.7 Å². The molecule has 2 rings (SSSR count). The molecule has 1 saturated heterocycles. The van der Waals surface area contributed by atoms with Crippen LogP contribution in [0.3, 0.4) is 0 Å². The Morgan fingerprint density at radius 3 is 2.78 bits per heavy atom. The lowest BCUT2D eigenvalue weighted by Crippen LogP contribution is -2.11. The quantitative estimate of drug-likeness (QED) is 0.871. The van der Waals surface area contributed by atoms with Crippen molar-refractivity contribution in [3.05, 3.63) is 17.6 Å². The van der Waals surface area contributed by atoms with Gasteiger partial charge in [0, 0.05) is 18.3 Å². The molecule has 0 saturated carbocycles. The van der Waals surface area contributed by atoms with Crippen molar-refractivity contribution in [1.82, 2.24) is 9.97 Å². The van der Waals surface area contributed by atoms with Crippen molar-refractivity contribution in [2.75, 3.05) is 11.9 Å². The number of anilines is 1. The second-order valence-electron chi connectivity index (χ2n) is 4.90. The summed E-state index contributed by atoms with van der Waals surface area (Å²) >= 11 is 0. The van der Waals surface area contributed by atoms with Crippen LogP contribution in [0.4, 0.5) is 5.82 Å². The van der Waals surface area contributed by atoms with Gasteiger partial charge in [0.2, 0.25) is 0 Å². The number of hydrogen-bond donors (Lipinski definition) is 1. The Morgan fingerprint density at radius 2 is 2.17 bits per heavy atom. The van der Waals surface area contributed by atoms with Crippen LogP contribution in [0.5, 0.6) is 0 Å². The van der Waals surface area contributed by atoms with Crippen molar-refractivity contribution in [2.45, 2.75) is 58.7 Å². The average molecular weight is 249 g/mol. The van der Waals surface area contributed by atoms with Crippen LogP contribution in [-0.2, 0) is 11.2 Å². The van der Waals surface area contributed by atoms with Crippen LogP contribution in [0, 0.1) is 0 Å². The maximum absolute atomic E-state index is 5.85. The van der Waals surface area contributed by atoms with Crippen LogP contribution >= 0.6 is 0 Å². The van der Waals surface area contributed by atoms with Crippen molar-refractivity contribution in [2.24, 2.45) is 0 Å². The van der Waals surface area contributed by atoms with Gasteiger partial charge < -0.3 is 10.1 Å². The van der Waals surface area contributed by atoms with E-state index in [1.165, 1.54) is 0 Å². The van der Waals surface area contributed by atoms with Crippen LogP contribution in [0.25, 0.3) is 0 Å². The molecule has 1 aliphatic rings. The summed E-state index contributed by atoms with van der Waals surface area (Å²) in [6.07, 6.45) is 4.56. The number of hydrogen-bond acceptors (Lipinski definition) is 4. The molecule has 0 amide bonds. The van der Waals surface area contributed by atoms with Crippen molar-refractivity contribution < 1.29 is 4.74 Å². The number of aryl methyl sites for hydroxylation is 1. The maximum Gasteiger partial charge on any atom is 0.159 e. The monoisotopic (exact) mass is 249 g/mol. The predicted octanol–water partition coefficient (Wildman–Crippen LogP) is 3.10. The molecule has 18 heavy (non-hydrogen) atoms. The largest absolute Gasteiger partial charge is 0.370 e. The molecular weight excluding hydrogens is 226 g/mol. The summed E-state index contributed by atoms with van der Waals surface area (Å²) in [4.78, 5) is 9.19. The van der Waals surface area contributed by atoms with Gasteiger partial charge in [0.25, 0.3) is 0 Å². The standard InChI is InChI=1S/C14H23N3O/c1-4-8-15-13-9-11(5-2)16-14(17-13)12-7-6-10(3)18-12/h9-10,12H,4-8H2,1-3H3,(H,15,16,17). The van der Waals surface area contributed by atoms with E-state index in [9.17, 15) is 0 Å². The third kappa shape index (κ3) is 3.19. The predicted molar refractivity (Wildman–Crippen MR) is 72.7 cm³/mol. The molecule has 2 heterocycles. The fraction of sp³-hybridized carbons (Fsp3) is 0.714. The molecule has 1 aromatic heterocycles. The SMILES string of the molecule is CCCNc1cc(CC)nc(C2CCC(C)O2)n1. The van der Waals surface area contributed by atoms with E-state index in [0.717, 1.165) is 49.6 Å². The van der Waals surface area contributed by atoms with E-state index in [2.05, 4.69) is 36.1 Å². The van der Waals surface area contributed by atoms with Crippen LogP contribution in [-0.4, -0.2) is 22.6 Å². The number of nitrogens with one attached hydrogen (secondary N) is 1. The molecule has 0 radical (unpaired) electrons. The summed E-state index contributed by atoms with van der Waals surface area (Å²) in [5.74, 6) is 1.78. The summed E-state index contributed by atoms with van der Waals surface area (Å²) in [6.45, 7) is 7.33. The molecule has 2 atom stereocenters. The van der Waals surface area contributed by atoms with Crippen molar-refractivity contribution >= 4 is 5.82 Å². The molecule has 0 aliphatic carbocycles. The third-order valence-corrected chi connectivity index (χ3v) is 3.23. The fourth-order valence-corrected chi connectivity index (χ4v) is 2.18. The van der Waals surface area contributed by atoms with Crippen LogP contribution < -0.4 is 5.32 Å². The number of rotatable bonds is 5. The first-order valence-electron chi connectivity index (χ1n) is 7.00. The van der Waals surface area contributed by atoms with Gasteiger partial charge in [-0.05, 0) is 32.6 Å². The van der Waals surface area contributed by atoms with E-state index in [1.54, 1.807) is 0 Å². The van der Waals surface area contributed by atoms with Crippen LogP contribution in [0.2, 0.25) is 0 Å². The second kappa shape index (κ2) is 6.14. The molecule has 4 heteroatoms. The minimum absolute atomic E-state index is 0.0775. The lowest BCUT2D eigenvalue weighted by molar-refractivity contribution is 0.0502. The van der Waals surface area contributed by atoms with Crippen molar-refractivity contribution in [3.63, 3.8) is 0 Å². The topological polar surface area (TPSA) is 47.0 Å². The van der Waals surface area contributed by atoms with E-state index in [0.29, 0.717) is 6.10 Å². The van der Waals surface area contributed by atoms with Gasteiger partial charge in [0.1, 0.15) is 11.9 Å². The van der Waals surface area contributed by atoms with E-state index in [-0.39, 0.29) is 6.10 Å². The highest BCUT2D eigenvalue weighted by Crippen LogP contribution is 2.31. The zero-order valence-corrected chi connectivity index (χ0v) is 11.6. The Hall–Kier alpha value is -1.16. The number of nitrogens with zero attached hydrogens (tertiary/aromatic N) is 2. The molecule has 1 aromatic rings. The first-order chi connectivity index (χ1) is 8.72. The Kier molecular flexibility index (Phi) is 4.53. The fourth-order valence-electron chi connectivity index (χ4n) is 2.18. The number of ether oxygens (including phenoxy) is 1. The highest BCUT2D eigenvalue weighted by molar-refractivity contribution is 5.36. The summed E-state index contributed by atoms with van der Waals surface area (Å²) in [7, 11) is 0. The summed E-state index contributed by atoms with van der Waals surface area (Å²) in [5, 5.41) is 3.34. The first-order valence-corrected chi connectivity index (χ1v) is 7.00. The van der Waals surface area contributed by atoms with Gasteiger partial charge >= 0.3 is 0 Å². The summed E-state index contributed by atoms with van der Waals surface area (Å²) in [5.41, 5.74) is 1.08. The minimum Gasteiger partial charge on any atom is -0.370 e. The molecule has 0 spiro atoms. The Morgan fingerprint density at radius 1 is 1.33 bits per heavy atom. The van der Waals surface area contributed by atoms with Gasteiger partial charge in [0.15, 0.2) is 5.82 Å². The molecular formula is C14H23N3O. The minimum atomic E-state index is 0.0775. The Labute approximate surface area is 109 Å². The first kappa shape index (κ1) is 13.3. The zero-order valence-electron chi connectivity index (χ0n) is 11.6. The molecule has 1 fully saturated rings. The lowest BCUT2D eigenvalue weighted by atomic mass is 10.2. The Bertz CT molecular complexity index is 395. The molecule has 0 bridgehead atoms. The molecule has 2 unspecified atom stereocenters. The molecule has 0 aromatic carbocycles. The average Bonchev–Trinajstić information content (AvgIpc) is 2.82. The second-order valence-corrected chi connectivity index (χ2v) is 4.90.